The number of hydrogen-bond donors (Lipinski definition) is 1. The van der Waals surface area contributed by atoms with Crippen molar-refractivity contribution >= 4 is 16.8 Å². The summed E-state index contributed by atoms with van der Waals surface area (Å²) in [6.07, 6.45) is 1.71. The van der Waals surface area contributed by atoms with Crippen LogP contribution in [0.3, 0.4) is 0 Å². The van der Waals surface area contributed by atoms with Crippen LogP contribution in [0.15, 0.2) is 30.5 Å². The molecule has 4 heteroatoms. The van der Waals surface area contributed by atoms with Crippen LogP contribution in [-0.4, -0.2) is 25.0 Å². The van der Waals surface area contributed by atoms with E-state index in [1.807, 2.05) is 12.1 Å². The maximum absolute atomic E-state index is 11.6. The van der Waals surface area contributed by atoms with E-state index in [9.17, 15) is 4.79 Å². The van der Waals surface area contributed by atoms with Crippen LogP contribution in [-0.2, 0) is 0 Å². The predicted octanol–water partition coefficient (Wildman–Crippen LogP) is 1.60. The molecular formula is C12H12N2O2. The third kappa shape index (κ3) is 1.69. The Morgan fingerprint density at radius 2 is 2.25 bits per heavy atom. The first-order valence-electron chi connectivity index (χ1n) is 4.91. The quantitative estimate of drug-likeness (QED) is 0.829. The number of nitrogens with zero attached hydrogens (tertiary/aromatic N) is 1. The molecule has 0 bridgehead atoms. The molecule has 4 nitrogen and oxygen atoms in total. The molecule has 1 aromatic heterocycles. The first-order chi connectivity index (χ1) is 7.76. The van der Waals surface area contributed by atoms with Gasteiger partial charge in [0.05, 0.1) is 18.2 Å². The average molecular weight is 216 g/mol. The number of carbonyl (C=O) groups excluding carboxylic acids is 1. The lowest BCUT2D eigenvalue weighted by atomic mass is 10.1. The van der Waals surface area contributed by atoms with Gasteiger partial charge < -0.3 is 10.1 Å². The van der Waals surface area contributed by atoms with Crippen LogP contribution in [0.2, 0.25) is 0 Å². The Morgan fingerprint density at radius 1 is 1.44 bits per heavy atom. The molecule has 0 radical (unpaired) electrons. The van der Waals surface area contributed by atoms with E-state index in [-0.39, 0.29) is 5.91 Å². The van der Waals surface area contributed by atoms with Gasteiger partial charge in [-0.15, -0.1) is 0 Å². The number of pyridine rings is 1. The number of benzene rings is 1. The van der Waals surface area contributed by atoms with Gasteiger partial charge in [0, 0.05) is 24.7 Å². The zero-order valence-electron chi connectivity index (χ0n) is 9.15. The molecule has 0 saturated carbocycles. The van der Waals surface area contributed by atoms with Gasteiger partial charge in [0.15, 0.2) is 0 Å². The maximum Gasteiger partial charge on any atom is 0.254 e. The second-order valence-electron chi connectivity index (χ2n) is 3.33. The minimum absolute atomic E-state index is 0.164. The van der Waals surface area contributed by atoms with Crippen molar-refractivity contribution in [2.75, 3.05) is 14.2 Å². The van der Waals surface area contributed by atoms with Crippen LogP contribution in [0.5, 0.6) is 5.75 Å². The van der Waals surface area contributed by atoms with Crippen molar-refractivity contribution in [2.45, 2.75) is 0 Å². The fourth-order valence-electron chi connectivity index (χ4n) is 1.58. The molecule has 0 aliphatic carbocycles. The topological polar surface area (TPSA) is 51.2 Å². The largest absolute Gasteiger partial charge is 0.496 e. The molecule has 1 aromatic carbocycles. The SMILES string of the molecule is CNC(=O)c1cc2cccnc2cc1OC. The van der Waals surface area contributed by atoms with Gasteiger partial charge in [0.25, 0.3) is 5.91 Å². The number of methoxy groups -OCH3 is 1. The second kappa shape index (κ2) is 4.18. The van der Waals surface area contributed by atoms with Crippen LogP contribution >= 0.6 is 0 Å². The molecule has 0 spiro atoms. The number of nitrogens with one attached hydrogen (secondary N) is 1. The molecule has 2 rings (SSSR count). The Balaban J connectivity index is 2.67. The van der Waals surface area contributed by atoms with E-state index in [0.29, 0.717) is 11.3 Å². The first kappa shape index (κ1) is 10.4. The van der Waals surface area contributed by atoms with E-state index in [2.05, 4.69) is 10.3 Å². The van der Waals surface area contributed by atoms with E-state index in [0.717, 1.165) is 10.9 Å². The molecule has 0 aliphatic heterocycles. The highest BCUT2D eigenvalue weighted by Crippen LogP contribution is 2.24. The number of fused-ring (bicyclic) bond motifs is 1. The predicted molar refractivity (Wildman–Crippen MR) is 61.7 cm³/mol. The third-order valence-electron chi connectivity index (χ3n) is 2.40. The molecule has 82 valence electrons. The monoisotopic (exact) mass is 216 g/mol. The van der Waals surface area contributed by atoms with Crippen molar-refractivity contribution in [3.05, 3.63) is 36.0 Å². The highest BCUT2D eigenvalue weighted by molar-refractivity contribution is 6.00. The number of amides is 1. The van der Waals surface area contributed by atoms with E-state index in [1.54, 1.807) is 25.4 Å². The normalized spacial score (nSPS) is 10.1. The number of aromatic nitrogens is 1. The summed E-state index contributed by atoms with van der Waals surface area (Å²) in [6.45, 7) is 0. The lowest BCUT2D eigenvalue weighted by Crippen LogP contribution is -2.18. The fourth-order valence-corrected chi connectivity index (χ4v) is 1.58. The van der Waals surface area contributed by atoms with E-state index >= 15 is 0 Å². The Kier molecular flexibility index (Phi) is 2.72. The Bertz CT molecular complexity index is 538. The minimum Gasteiger partial charge on any atom is -0.496 e. The van der Waals surface area contributed by atoms with E-state index < -0.39 is 0 Å². The number of ether oxygens (including phenoxy) is 1. The van der Waals surface area contributed by atoms with Crippen LogP contribution in [0.25, 0.3) is 10.9 Å². The van der Waals surface area contributed by atoms with Crippen LogP contribution in [0.1, 0.15) is 10.4 Å². The van der Waals surface area contributed by atoms with Gasteiger partial charge in [0.1, 0.15) is 5.75 Å². The van der Waals surface area contributed by atoms with Crippen LogP contribution < -0.4 is 10.1 Å². The van der Waals surface area contributed by atoms with Crippen LogP contribution in [0.4, 0.5) is 0 Å². The minimum atomic E-state index is -0.164. The molecule has 0 unspecified atom stereocenters. The maximum atomic E-state index is 11.6. The molecule has 1 N–H and O–H groups in total. The summed E-state index contributed by atoms with van der Waals surface area (Å²) < 4.78 is 5.18. The zero-order valence-corrected chi connectivity index (χ0v) is 9.15. The summed E-state index contributed by atoms with van der Waals surface area (Å²) in [7, 11) is 3.13. The van der Waals surface area contributed by atoms with Crippen molar-refractivity contribution in [2.24, 2.45) is 0 Å². The first-order valence-corrected chi connectivity index (χ1v) is 4.91. The van der Waals surface area contributed by atoms with Gasteiger partial charge in [-0.25, -0.2) is 0 Å². The van der Waals surface area contributed by atoms with Crippen molar-refractivity contribution < 1.29 is 9.53 Å². The van der Waals surface area contributed by atoms with Gasteiger partial charge in [-0.2, -0.15) is 0 Å². The molecule has 0 saturated heterocycles. The summed E-state index contributed by atoms with van der Waals surface area (Å²) >= 11 is 0. The smallest absolute Gasteiger partial charge is 0.254 e. The van der Waals surface area contributed by atoms with Crippen molar-refractivity contribution in [1.29, 1.82) is 0 Å². The Hall–Kier alpha value is -2.10. The standard InChI is InChI=1S/C12H12N2O2/c1-13-12(15)9-6-8-4-3-5-14-10(8)7-11(9)16-2/h3-7H,1-2H3,(H,13,15). The number of hydrogen-bond acceptors (Lipinski definition) is 3. The Morgan fingerprint density at radius 3 is 2.94 bits per heavy atom. The van der Waals surface area contributed by atoms with Gasteiger partial charge in [-0.05, 0) is 12.1 Å². The fraction of sp³-hybridized carbons (Fsp3) is 0.167. The molecule has 2 aromatic rings. The highest BCUT2D eigenvalue weighted by atomic mass is 16.5. The van der Waals surface area contributed by atoms with Crippen molar-refractivity contribution in [3.63, 3.8) is 0 Å². The van der Waals surface area contributed by atoms with E-state index in [1.165, 1.54) is 7.11 Å². The van der Waals surface area contributed by atoms with Gasteiger partial charge >= 0.3 is 0 Å². The summed E-state index contributed by atoms with van der Waals surface area (Å²) in [5.41, 5.74) is 1.33. The molecule has 1 amide bonds. The molecular weight excluding hydrogens is 204 g/mol. The van der Waals surface area contributed by atoms with Gasteiger partial charge in [0.2, 0.25) is 0 Å². The molecule has 16 heavy (non-hydrogen) atoms. The lowest BCUT2D eigenvalue weighted by molar-refractivity contribution is 0.0960. The molecule has 0 fully saturated rings. The highest BCUT2D eigenvalue weighted by Gasteiger charge is 2.12. The number of rotatable bonds is 2. The van der Waals surface area contributed by atoms with Gasteiger partial charge in [-0.1, -0.05) is 6.07 Å². The average Bonchev–Trinajstić information content (AvgIpc) is 2.36. The lowest BCUT2D eigenvalue weighted by Gasteiger charge is -2.08. The molecule has 0 aliphatic rings. The van der Waals surface area contributed by atoms with Crippen molar-refractivity contribution in [3.8, 4) is 5.75 Å². The summed E-state index contributed by atoms with van der Waals surface area (Å²) in [4.78, 5) is 15.8. The summed E-state index contributed by atoms with van der Waals surface area (Å²) in [5.74, 6) is 0.369. The molecule has 0 atom stereocenters. The number of carbonyl (C=O) groups is 1. The third-order valence-corrected chi connectivity index (χ3v) is 2.40. The second-order valence-corrected chi connectivity index (χ2v) is 3.33. The zero-order chi connectivity index (χ0) is 11.5. The Labute approximate surface area is 93.3 Å². The summed E-state index contributed by atoms with van der Waals surface area (Å²) in [6, 6.07) is 7.29. The van der Waals surface area contributed by atoms with Crippen molar-refractivity contribution in [1.82, 2.24) is 10.3 Å². The van der Waals surface area contributed by atoms with Crippen LogP contribution in [0, 0.1) is 0 Å². The van der Waals surface area contributed by atoms with E-state index in [4.69, 9.17) is 4.74 Å². The summed E-state index contributed by atoms with van der Waals surface area (Å²) in [5, 5.41) is 3.50. The van der Waals surface area contributed by atoms with Gasteiger partial charge in [-0.3, -0.25) is 9.78 Å². The molecule has 1 heterocycles.